The van der Waals surface area contributed by atoms with Gasteiger partial charge in [-0.25, -0.2) is 0 Å². The molecule has 3 atom stereocenters. The number of aromatic nitrogens is 2. The molecule has 3 heterocycles. The van der Waals surface area contributed by atoms with Gasteiger partial charge in [0.2, 0.25) is 0 Å². The van der Waals surface area contributed by atoms with Gasteiger partial charge in [0.1, 0.15) is 18.3 Å². The van der Waals surface area contributed by atoms with Crippen molar-refractivity contribution in [2.24, 2.45) is 10.8 Å². The number of hydrogen-bond donors (Lipinski definition) is 2. The van der Waals surface area contributed by atoms with E-state index in [-0.39, 0.29) is 29.7 Å². The Labute approximate surface area is 129 Å². The van der Waals surface area contributed by atoms with Gasteiger partial charge in [-0.3, -0.25) is 14.7 Å². The van der Waals surface area contributed by atoms with E-state index in [2.05, 4.69) is 20.2 Å². The smallest absolute Gasteiger partial charge is 0.269 e. The largest absolute Gasteiger partial charge is 0.366 e. The van der Waals surface area contributed by atoms with E-state index in [1.807, 2.05) is 0 Å². The molecule has 2 fully saturated rings. The summed E-state index contributed by atoms with van der Waals surface area (Å²) in [5, 5.41) is 9.30. The van der Waals surface area contributed by atoms with Crippen molar-refractivity contribution in [1.29, 1.82) is 0 Å². The number of H-pyrrole nitrogens is 1. The average molecular weight is 322 g/mol. The van der Waals surface area contributed by atoms with E-state index in [0.717, 1.165) is 0 Å². The average Bonchev–Trinajstić information content (AvgIpc) is 3.09. The second-order valence-corrected chi connectivity index (χ2v) is 5.61. The zero-order valence-electron chi connectivity index (χ0n) is 12.3. The Kier molecular flexibility index (Phi) is 3.57. The molecule has 2 aliphatic rings. The maximum absolute atomic E-state index is 12.0. The van der Waals surface area contributed by atoms with Gasteiger partial charge in [-0.05, 0) is 24.5 Å². The van der Waals surface area contributed by atoms with Crippen LogP contribution in [0.1, 0.15) is 46.5 Å². The van der Waals surface area contributed by atoms with Gasteiger partial charge in [0.05, 0.1) is 17.9 Å². The Bertz CT molecular complexity index is 722. The molecule has 11 nitrogen and oxygen atoms in total. The summed E-state index contributed by atoms with van der Waals surface area (Å²) < 4.78 is 17.1. The molecule has 0 aromatic carbocycles. The normalized spacial score (nSPS) is 28.2. The highest BCUT2D eigenvalue weighted by atomic mass is 16.8. The molecule has 0 bridgehead atoms. The Morgan fingerprint density at radius 2 is 2.22 bits per heavy atom. The molecule has 2 aliphatic heterocycles. The van der Waals surface area contributed by atoms with E-state index in [1.165, 1.54) is 0 Å². The van der Waals surface area contributed by atoms with Crippen LogP contribution in [0.15, 0.2) is 5.11 Å². The number of carbonyl (C=O) groups is 2. The number of azide groups is 1. The SMILES string of the molecule is CC1(C)O[C@@H]2[C@H](CO[C@@H]2c2[nH]nc(C(N)=O)c2C(=O)N=[N+]=[N-])O1. The summed E-state index contributed by atoms with van der Waals surface area (Å²) in [6, 6.07) is 0. The minimum atomic E-state index is -0.977. The Morgan fingerprint density at radius 1 is 1.48 bits per heavy atom. The van der Waals surface area contributed by atoms with Crippen LogP contribution in [-0.4, -0.2) is 46.6 Å². The van der Waals surface area contributed by atoms with Crippen molar-refractivity contribution in [3.05, 3.63) is 27.4 Å². The third-order valence-corrected chi connectivity index (χ3v) is 3.62. The molecule has 0 saturated carbocycles. The van der Waals surface area contributed by atoms with Gasteiger partial charge in [-0.1, -0.05) is 0 Å². The number of hydrogen-bond acceptors (Lipinski definition) is 6. The van der Waals surface area contributed by atoms with Gasteiger partial charge < -0.3 is 19.9 Å². The number of fused-ring (bicyclic) bond motifs is 1. The van der Waals surface area contributed by atoms with Crippen molar-refractivity contribution in [2.75, 3.05) is 6.61 Å². The lowest BCUT2D eigenvalue weighted by molar-refractivity contribution is -0.176. The zero-order valence-corrected chi connectivity index (χ0v) is 12.3. The van der Waals surface area contributed by atoms with E-state index in [1.54, 1.807) is 13.8 Å². The predicted molar refractivity (Wildman–Crippen MR) is 73.1 cm³/mol. The molecule has 0 spiro atoms. The number of carbonyl (C=O) groups excluding carboxylic acids is 2. The number of primary amides is 1. The van der Waals surface area contributed by atoms with Crippen LogP contribution >= 0.6 is 0 Å². The third-order valence-electron chi connectivity index (χ3n) is 3.62. The second-order valence-electron chi connectivity index (χ2n) is 5.61. The molecular formula is C12H14N6O5. The standard InChI is InChI=1S/C12H14N6O5/c1-12(2)22-4-3-21-9(8(4)23-12)6-5(11(20)17-18-14)7(10(13)19)16-15-6/h4,8-9H,3H2,1-2H3,(H2,13,19)(H,15,16)/t4-,8+,9+/m0/s1. The molecular weight excluding hydrogens is 308 g/mol. The highest BCUT2D eigenvalue weighted by Crippen LogP contribution is 2.42. The van der Waals surface area contributed by atoms with Crippen molar-refractivity contribution in [3.8, 4) is 0 Å². The molecule has 2 amide bonds. The van der Waals surface area contributed by atoms with Gasteiger partial charge in [-0.15, -0.1) is 0 Å². The molecule has 3 rings (SSSR count). The molecule has 1 aromatic rings. The summed E-state index contributed by atoms with van der Waals surface area (Å²) in [6.45, 7) is 3.77. The molecule has 3 N–H and O–H groups in total. The molecule has 2 saturated heterocycles. The van der Waals surface area contributed by atoms with Crippen LogP contribution in [0.25, 0.3) is 10.4 Å². The zero-order chi connectivity index (χ0) is 16.8. The van der Waals surface area contributed by atoms with Crippen LogP contribution in [-0.2, 0) is 14.2 Å². The van der Waals surface area contributed by atoms with E-state index in [9.17, 15) is 9.59 Å². The van der Waals surface area contributed by atoms with Crippen molar-refractivity contribution in [1.82, 2.24) is 10.2 Å². The second kappa shape index (κ2) is 5.32. The van der Waals surface area contributed by atoms with Gasteiger partial charge in [0, 0.05) is 4.91 Å². The first-order valence-corrected chi connectivity index (χ1v) is 6.79. The maximum atomic E-state index is 12.0. The van der Waals surface area contributed by atoms with Gasteiger partial charge in [0.15, 0.2) is 11.5 Å². The van der Waals surface area contributed by atoms with Crippen LogP contribution in [0.4, 0.5) is 0 Å². The highest BCUT2D eigenvalue weighted by molar-refractivity contribution is 6.06. The number of amides is 2. The van der Waals surface area contributed by atoms with E-state index in [4.69, 9.17) is 25.5 Å². The van der Waals surface area contributed by atoms with Crippen molar-refractivity contribution in [2.45, 2.75) is 37.9 Å². The first kappa shape index (κ1) is 15.4. The van der Waals surface area contributed by atoms with Crippen LogP contribution in [0, 0.1) is 0 Å². The van der Waals surface area contributed by atoms with Crippen LogP contribution in [0.5, 0.6) is 0 Å². The summed E-state index contributed by atoms with van der Waals surface area (Å²) in [7, 11) is 0. The van der Waals surface area contributed by atoms with Crippen LogP contribution < -0.4 is 5.73 Å². The lowest BCUT2D eigenvalue weighted by Gasteiger charge is -2.21. The van der Waals surface area contributed by atoms with Crippen molar-refractivity contribution >= 4 is 11.8 Å². The van der Waals surface area contributed by atoms with Crippen molar-refractivity contribution in [3.63, 3.8) is 0 Å². The van der Waals surface area contributed by atoms with E-state index < -0.39 is 29.8 Å². The molecule has 1 aromatic heterocycles. The predicted octanol–water partition coefficient (Wildman–Crippen LogP) is 0.551. The number of rotatable bonds is 3. The third kappa shape index (κ3) is 2.55. The summed E-state index contributed by atoms with van der Waals surface area (Å²) in [4.78, 5) is 25.9. The summed E-state index contributed by atoms with van der Waals surface area (Å²) in [5.41, 5.74) is 13.3. The molecule has 0 radical (unpaired) electrons. The minimum absolute atomic E-state index is 0.171. The summed E-state index contributed by atoms with van der Waals surface area (Å²) in [6.07, 6.45) is -1.54. The van der Waals surface area contributed by atoms with Gasteiger partial charge in [-0.2, -0.15) is 5.10 Å². The first-order chi connectivity index (χ1) is 10.8. The molecule has 122 valence electrons. The minimum Gasteiger partial charge on any atom is -0.366 e. The summed E-state index contributed by atoms with van der Waals surface area (Å²) in [5.74, 6) is -2.70. The Balaban J connectivity index is 2.02. The Morgan fingerprint density at radius 3 is 2.87 bits per heavy atom. The number of aromatic amines is 1. The molecule has 0 aliphatic carbocycles. The highest BCUT2D eigenvalue weighted by Gasteiger charge is 2.52. The fourth-order valence-electron chi connectivity index (χ4n) is 2.84. The first-order valence-electron chi connectivity index (χ1n) is 6.79. The van der Waals surface area contributed by atoms with E-state index >= 15 is 0 Å². The Hall–Kier alpha value is -2.46. The van der Waals surface area contributed by atoms with Gasteiger partial charge in [0.25, 0.3) is 11.8 Å². The van der Waals surface area contributed by atoms with Gasteiger partial charge >= 0.3 is 0 Å². The quantitative estimate of drug-likeness (QED) is 0.468. The fourth-order valence-corrected chi connectivity index (χ4v) is 2.84. The van der Waals surface area contributed by atoms with Crippen LogP contribution in [0.2, 0.25) is 0 Å². The number of nitrogens with one attached hydrogen (secondary N) is 1. The van der Waals surface area contributed by atoms with Crippen molar-refractivity contribution < 1.29 is 23.8 Å². The number of nitrogens with zero attached hydrogens (tertiary/aromatic N) is 4. The maximum Gasteiger partial charge on any atom is 0.269 e. The lowest BCUT2D eigenvalue weighted by Crippen LogP contribution is -2.26. The fraction of sp³-hybridized carbons (Fsp3) is 0.583. The lowest BCUT2D eigenvalue weighted by atomic mass is 10.0. The van der Waals surface area contributed by atoms with E-state index in [0.29, 0.717) is 0 Å². The molecule has 11 heteroatoms. The molecule has 23 heavy (non-hydrogen) atoms. The topological polar surface area (TPSA) is 165 Å². The number of nitrogens with two attached hydrogens (primary N) is 1. The monoisotopic (exact) mass is 322 g/mol. The molecule has 0 unspecified atom stereocenters. The van der Waals surface area contributed by atoms with Crippen LogP contribution in [0.3, 0.4) is 0 Å². The number of ether oxygens (including phenoxy) is 3. The summed E-state index contributed by atoms with van der Waals surface area (Å²) >= 11 is 0.